The fraction of sp³-hybridized carbons (Fsp3) is 0.588. The Kier molecular flexibility index (Phi) is 6.34. The van der Waals surface area contributed by atoms with Crippen molar-refractivity contribution in [3.05, 3.63) is 35.6 Å². The van der Waals surface area contributed by atoms with Crippen LogP contribution in [0.2, 0.25) is 0 Å². The van der Waals surface area contributed by atoms with Crippen molar-refractivity contribution < 1.29 is 18.7 Å². The minimum atomic E-state index is -0.534. The van der Waals surface area contributed by atoms with Crippen molar-refractivity contribution in [2.24, 2.45) is 0 Å². The summed E-state index contributed by atoms with van der Waals surface area (Å²) < 4.78 is 24.1. The van der Waals surface area contributed by atoms with Crippen LogP contribution in [0.5, 0.6) is 0 Å². The zero-order valence-corrected chi connectivity index (χ0v) is 13.2. The van der Waals surface area contributed by atoms with Crippen LogP contribution in [0.25, 0.3) is 0 Å². The van der Waals surface area contributed by atoms with Gasteiger partial charge in [-0.1, -0.05) is 12.1 Å². The summed E-state index contributed by atoms with van der Waals surface area (Å²) in [6, 6.07) is 5.92. The number of carbonyl (C=O) groups is 1. The molecule has 22 heavy (non-hydrogen) atoms. The van der Waals surface area contributed by atoms with E-state index < -0.39 is 6.10 Å². The molecule has 0 radical (unpaired) electrons. The Hall–Kier alpha value is -1.46. The SMILES string of the molecule is C[C@H](OC[C@@H]1CCCCO1)C(=O)N[C@H](C)c1ccc(F)cc1. The van der Waals surface area contributed by atoms with Gasteiger partial charge in [0, 0.05) is 6.61 Å². The summed E-state index contributed by atoms with van der Waals surface area (Å²) >= 11 is 0. The molecule has 0 spiro atoms. The van der Waals surface area contributed by atoms with Crippen LogP contribution < -0.4 is 5.32 Å². The fourth-order valence-electron chi connectivity index (χ4n) is 2.43. The Morgan fingerprint density at radius 3 is 2.73 bits per heavy atom. The van der Waals surface area contributed by atoms with E-state index in [4.69, 9.17) is 9.47 Å². The Bertz CT molecular complexity index is 471. The molecule has 1 aromatic carbocycles. The highest BCUT2D eigenvalue weighted by atomic mass is 19.1. The van der Waals surface area contributed by atoms with E-state index in [0.29, 0.717) is 6.61 Å². The molecule has 0 saturated carbocycles. The number of amides is 1. The van der Waals surface area contributed by atoms with E-state index in [1.807, 2.05) is 6.92 Å². The van der Waals surface area contributed by atoms with E-state index in [1.54, 1.807) is 19.1 Å². The second kappa shape index (κ2) is 8.25. The highest BCUT2D eigenvalue weighted by Gasteiger charge is 2.20. The lowest BCUT2D eigenvalue weighted by Gasteiger charge is -2.24. The molecule has 1 fully saturated rings. The molecule has 0 aliphatic carbocycles. The second-order valence-electron chi connectivity index (χ2n) is 5.75. The van der Waals surface area contributed by atoms with Gasteiger partial charge in [-0.3, -0.25) is 4.79 Å². The topological polar surface area (TPSA) is 47.6 Å². The zero-order valence-electron chi connectivity index (χ0n) is 13.2. The minimum absolute atomic E-state index is 0.0959. The predicted octanol–water partition coefficient (Wildman–Crippen LogP) is 2.98. The Morgan fingerprint density at radius 1 is 1.36 bits per heavy atom. The first-order valence-electron chi connectivity index (χ1n) is 7.85. The molecular weight excluding hydrogens is 285 g/mol. The first-order valence-corrected chi connectivity index (χ1v) is 7.85. The highest BCUT2D eigenvalue weighted by Crippen LogP contribution is 2.15. The van der Waals surface area contributed by atoms with E-state index in [1.165, 1.54) is 12.1 Å². The summed E-state index contributed by atoms with van der Waals surface area (Å²) in [4.78, 5) is 12.1. The van der Waals surface area contributed by atoms with Gasteiger partial charge in [0.05, 0.1) is 18.8 Å². The van der Waals surface area contributed by atoms with Crippen molar-refractivity contribution in [3.63, 3.8) is 0 Å². The number of rotatable bonds is 6. The number of hydrogen-bond donors (Lipinski definition) is 1. The number of halogens is 1. The third-order valence-corrected chi connectivity index (χ3v) is 3.90. The Balaban J connectivity index is 1.76. The van der Waals surface area contributed by atoms with Crippen LogP contribution >= 0.6 is 0 Å². The quantitative estimate of drug-likeness (QED) is 0.879. The van der Waals surface area contributed by atoms with E-state index in [9.17, 15) is 9.18 Å². The molecule has 1 aliphatic heterocycles. The molecular formula is C17H24FNO3. The number of benzene rings is 1. The maximum absolute atomic E-state index is 12.9. The smallest absolute Gasteiger partial charge is 0.249 e. The largest absolute Gasteiger partial charge is 0.376 e. The van der Waals surface area contributed by atoms with Crippen LogP contribution in [-0.4, -0.2) is 31.3 Å². The fourth-order valence-corrected chi connectivity index (χ4v) is 2.43. The summed E-state index contributed by atoms with van der Waals surface area (Å²) in [5.74, 6) is -0.459. The van der Waals surface area contributed by atoms with Gasteiger partial charge in [0.2, 0.25) is 5.91 Å². The van der Waals surface area contributed by atoms with Crippen molar-refractivity contribution in [3.8, 4) is 0 Å². The van der Waals surface area contributed by atoms with E-state index in [-0.39, 0.29) is 23.9 Å². The first kappa shape index (κ1) is 16.9. The molecule has 122 valence electrons. The lowest BCUT2D eigenvalue weighted by atomic mass is 10.1. The molecule has 0 aromatic heterocycles. The number of carbonyl (C=O) groups excluding carboxylic acids is 1. The maximum Gasteiger partial charge on any atom is 0.249 e. The molecule has 4 nitrogen and oxygen atoms in total. The molecule has 1 saturated heterocycles. The van der Waals surface area contributed by atoms with Crippen molar-refractivity contribution in [1.82, 2.24) is 5.32 Å². The van der Waals surface area contributed by atoms with Gasteiger partial charge in [0.25, 0.3) is 0 Å². The van der Waals surface area contributed by atoms with Gasteiger partial charge >= 0.3 is 0 Å². The predicted molar refractivity (Wildman–Crippen MR) is 82.0 cm³/mol. The lowest BCUT2D eigenvalue weighted by Crippen LogP contribution is -2.38. The van der Waals surface area contributed by atoms with E-state index >= 15 is 0 Å². The molecule has 1 aromatic rings. The monoisotopic (exact) mass is 309 g/mol. The molecule has 0 bridgehead atoms. The van der Waals surface area contributed by atoms with Gasteiger partial charge < -0.3 is 14.8 Å². The second-order valence-corrected chi connectivity index (χ2v) is 5.75. The maximum atomic E-state index is 12.9. The molecule has 2 rings (SSSR count). The Morgan fingerprint density at radius 2 is 2.09 bits per heavy atom. The number of hydrogen-bond acceptors (Lipinski definition) is 3. The molecule has 1 amide bonds. The average molecular weight is 309 g/mol. The first-order chi connectivity index (χ1) is 10.6. The molecule has 3 atom stereocenters. The van der Waals surface area contributed by atoms with Crippen molar-refractivity contribution >= 4 is 5.91 Å². The number of nitrogens with one attached hydrogen (secondary N) is 1. The van der Waals surface area contributed by atoms with Gasteiger partial charge in [0.15, 0.2) is 0 Å². The molecule has 1 heterocycles. The van der Waals surface area contributed by atoms with Crippen LogP contribution in [0.4, 0.5) is 4.39 Å². The standard InChI is InChI=1S/C17H24FNO3/c1-12(14-6-8-15(18)9-7-14)19-17(20)13(2)22-11-16-5-3-4-10-21-16/h6-9,12-13,16H,3-5,10-11H2,1-2H3,(H,19,20)/t12-,13+,16+/m1/s1. The molecule has 5 heteroatoms. The van der Waals surface area contributed by atoms with Crippen LogP contribution in [0.3, 0.4) is 0 Å². The van der Waals surface area contributed by atoms with Crippen LogP contribution in [0.1, 0.15) is 44.7 Å². The molecule has 1 N–H and O–H groups in total. The van der Waals surface area contributed by atoms with Gasteiger partial charge in [-0.05, 0) is 50.8 Å². The van der Waals surface area contributed by atoms with Gasteiger partial charge in [-0.2, -0.15) is 0 Å². The third-order valence-electron chi connectivity index (χ3n) is 3.90. The molecule has 0 unspecified atom stereocenters. The van der Waals surface area contributed by atoms with Crippen LogP contribution in [0, 0.1) is 5.82 Å². The average Bonchev–Trinajstić information content (AvgIpc) is 2.54. The van der Waals surface area contributed by atoms with Crippen LogP contribution in [-0.2, 0) is 14.3 Å². The van der Waals surface area contributed by atoms with Gasteiger partial charge in [-0.15, -0.1) is 0 Å². The summed E-state index contributed by atoms with van der Waals surface area (Å²) in [6.45, 7) is 4.81. The summed E-state index contributed by atoms with van der Waals surface area (Å²) in [5, 5.41) is 2.88. The lowest BCUT2D eigenvalue weighted by molar-refractivity contribution is -0.136. The Labute approximate surface area is 131 Å². The van der Waals surface area contributed by atoms with Crippen molar-refractivity contribution in [2.45, 2.75) is 51.4 Å². The number of ether oxygens (including phenoxy) is 2. The summed E-state index contributed by atoms with van der Waals surface area (Å²) in [5.41, 5.74) is 0.859. The highest BCUT2D eigenvalue weighted by molar-refractivity contribution is 5.80. The summed E-state index contributed by atoms with van der Waals surface area (Å²) in [6.07, 6.45) is 2.80. The summed E-state index contributed by atoms with van der Waals surface area (Å²) in [7, 11) is 0. The van der Waals surface area contributed by atoms with Crippen molar-refractivity contribution in [1.29, 1.82) is 0 Å². The zero-order chi connectivity index (χ0) is 15.9. The van der Waals surface area contributed by atoms with E-state index in [0.717, 1.165) is 31.4 Å². The normalized spacial score (nSPS) is 21.1. The van der Waals surface area contributed by atoms with Gasteiger partial charge in [-0.25, -0.2) is 4.39 Å². The van der Waals surface area contributed by atoms with E-state index in [2.05, 4.69) is 5.32 Å². The molecule has 1 aliphatic rings. The van der Waals surface area contributed by atoms with Crippen molar-refractivity contribution in [2.75, 3.05) is 13.2 Å². The third kappa shape index (κ3) is 5.07. The minimum Gasteiger partial charge on any atom is -0.376 e. The van der Waals surface area contributed by atoms with Gasteiger partial charge in [0.1, 0.15) is 11.9 Å². The van der Waals surface area contributed by atoms with Crippen LogP contribution in [0.15, 0.2) is 24.3 Å².